The highest BCUT2D eigenvalue weighted by Crippen LogP contribution is 2.52. The van der Waals surface area contributed by atoms with Gasteiger partial charge in [0.25, 0.3) is 0 Å². The fourth-order valence-electron chi connectivity index (χ4n) is 4.07. The van der Waals surface area contributed by atoms with Crippen molar-refractivity contribution in [3.63, 3.8) is 0 Å². The largest absolute Gasteiger partial charge is 0.360 e. The number of nitrogens with one attached hydrogen (secondary N) is 1. The van der Waals surface area contributed by atoms with Gasteiger partial charge in [-0.2, -0.15) is 0 Å². The Morgan fingerprint density at radius 2 is 2.32 bits per heavy atom. The lowest BCUT2D eigenvalue weighted by Gasteiger charge is -2.23. The molecule has 0 aromatic carbocycles. The summed E-state index contributed by atoms with van der Waals surface area (Å²) in [5, 5.41) is 6.91. The second kappa shape index (κ2) is 5.69. The van der Waals surface area contributed by atoms with Crippen molar-refractivity contribution in [1.29, 1.82) is 0 Å². The van der Waals surface area contributed by atoms with E-state index in [1.165, 1.54) is 0 Å². The van der Waals surface area contributed by atoms with Crippen molar-refractivity contribution in [3.8, 4) is 0 Å². The average Bonchev–Trinajstić information content (AvgIpc) is 3.28. The van der Waals surface area contributed by atoms with Crippen LogP contribution in [0.3, 0.4) is 0 Å². The molecule has 2 fully saturated rings. The van der Waals surface area contributed by atoms with Crippen LogP contribution >= 0.6 is 0 Å². The molecule has 7 heteroatoms. The zero-order valence-electron chi connectivity index (χ0n) is 14.7. The summed E-state index contributed by atoms with van der Waals surface area (Å²) in [6.45, 7) is 6.99. The molecule has 4 rings (SSSR count). The molecule has 0 radical (unpaired) electrons. The van der Waals surface area contributed by atoms with E-state index in [0.717, 1.165) is 6.42 Å². The number of nitrogens with zero attached hydrogens (tertiary/aromatic N) is 2. The molecule has 2 bridgehead atoms. The molecule has 1 N–H and O–H groups in total. The van der Waals surface area contributed by atoms with E-state index in [1.807, 2.05) is 12.2 Å². The smallest absolute Gasteiger partial charge is 0.235 e. The van der Waals surface area contributed by atoms with Gasteiger partial charge in [-0.15, -0.1) is 0 Å². The van der Waals surface area contributed by atoms with Crippen molar-refractivity contribution in [2.45, 2.75) is 38.9 Å². The van der Waals surface area contributed by atoms with Crippen molar-refractivity contribution in [1.82, 2.24) is 10.5 Å². The predicted octanol–water partition coefficient (Wildman–Crippen LogP) is 1.43. The molecule has 3 aliphatic rings. The van der Waals surface area contributed by atoms with Crippen LogP contribution in [0.4, 0.5) is 5.82 Å². The van der Waals surface area contributed by atoms with Gasteiger partial charge in [0.1, 0.15) is 11.4 Å². The van der Waals surface area contributed by atoms with Gasteiger partial charge < -0.3 is 14.6 Å². The molecule has 134 valence electrons. The fraction of sp³-hybridized carbons (Fsp3) is 0.611. The number of carbonyl (C=O) groups excluding carboxylic acids is 2. The fourth-order valence-corrected chi connectivity index (χ4v) is 4.07. The molecule has 4 heterocycles. The van der Waals surface area contributed by atoms with Gasteiger partial charge in [0.2, 0.25) is 11.8 Å². The number of aryl methyl sites for hydroxylation is 1. The summed E-state index contributed by atoms with van der Waals surface area (Å²) in [6, 6.07) is 1.73. The lowest BCUT2D eigenvalue weighted by Crippen LogP contribution is -2.44. The second-order valence-corrected chi connectivity index (χ2v) is 7.59. The Bertz CT molecular complexity index is 740. The third-order valence-electron chi connectivity index (χ3n) is 5.32. The third kappa shape index (κ3) is 2.49. The maximum atomic E-state index is 13.0. The Morgan fingerprint density at radius 1 is 1.52 bits per heavy atom. The topological polar surface area (TPSA) is 84.7 Å². The van der Waals surface area contributed by atoms with E-state index in [-0.39, 0.29) is 17.9 Å². The number of ether oxygens (including phenoxy) is 1. The quantitative estimate of drug-likeness (QED) is 0.816. The first kappa shape index (κ1) is 16.3. The van der Waals surface area contributed by atoms with Gasteiger partial charge in [-0.3, -0.25) is 14.5 Å². The van der Waals surface area contributed by atoms with E-state index in [0.29, 0.717) is 30.6 Å². The summed E-state index contributed by atoms with van der Waals surface area (Å²) in [5.74, 6) is 0.424. The summed E-state index contributed by atoms with van der Waals surface area (Å²) in [6.07, 6.45) is 4.43. The number of rotatable bonds is 5. The second-order valence-electron chi connectivity index (χ2n) is 7.59. The first-order valence-corrected chi connectivity index (χ1v) is 8.81. The molecular formula is C18H23N3O4. The standard InChI is InChI=1S/C18H23N3O4/c1-10(2)5-7-19-16(22)14-12-4-6-18(24-12)9-21(17(23)15(14)18)13-8-11(3)25-20-13/h4,6,8,10,12,14-15H,5,7,9H2,1-3H3,(H,19,22)/t12-,14+,15+,18-/m1/s1. The van der Waals surface area contributed by atoms with Crippen molar-refractivity contribution >= 4 is 17.6 Å². The molecule has 0 aliphatic carbocycles. The maximum absolute atomic E-state index is 13.0. The number of anilines is 1. The molecule has 0 unspecified atom stereocenters. The molecule has 0 saturated carbocycles. The van der Waals surface area contributed by atoms with Crippen LogP contribution in [0, 0.1) is 24.7 Å². The Balaban J connectivity index is 1.55. The molecule has 1 aromatic rings. The first-order valence-electron chi connectivity index (χ1n) is 8.81. The van der Waals surface area contributed by atoms with Crippen LogP contribution in [-0.2, 0) is 14.3 Å². The molecular weight excluding hydrogens is 322 g/mol. The monoisotopic (exact) mass is 345 g/mol. The van der Waals surface area contributed by atoms with E-state index in [9.17, 15) is 9.59 Å². The van der Waals surface area contributed by atoms with Crippen molar-refractivity contribution < 1.29 is 18.8 Å². The Morgan fingerprint density at radius 3 is 3.00 bits per heavy atom. The lowest BCUT2D eigenvalue weighted by atomic mass is 9.77. The van der Waals surface area contributed by atoms with Gasteiger partial charge in [0, 0.05) is 12.6 Å². The minimum Gasteiger partial charge on any atom is -0.360 e. The van der Waals surface area contributed by atoms with Gasteiger partial charge in [-0.1, -0.05) is 31.2 Å². The molecule has 4 atom stereocenters. The highest BCUT2D eigenvalue weighted by molar-refractivity contribution is 6.02. The predicted molar refractivity (Wildman–Crippen MR) is 89.8 cm³/mol. The molecule has 3 aliphatic heterocycles. The molecule has 1 aromatic heterocycles. The molecule has 2 amide bonds. The van der Waals surface area contributed by atoms with Gasteiger partial charge >= 0.3 is 0 Å². The van der Waals surface area contributed by atoms with Crippen LogP contribution in [0.5, 0.6) is 0 Å². The van der Waals surface area contributed by atoms with E-state index >= 15 is 0 Å². The molecule has 2 saturated heterocycles. The Hall–Kier alpha value is -2.15. The van der Waals surface area contributed by atoms with Crippen LogP contribution in [0.2, 0.25) is 0 Å². The number of hydrogen-bond donors (Lipinski definition) is 1. The number of hydrogen-bond acceptors (Lipinski definition) is 5. The third-order valence-corrected chi connectivity index (χ3v) is 5.32. The van der Waals surface area contributed by atoms with Crippen molar-refractivity contribution in [2.75, 3.05) is 18.0 Å². The van der Waals surface area contributed by atoms with E-state index in [1.54, 1.807) is 17.9 Å². The Labute approximate surface area is 146 Å². The van der Waals surface area contributed by atoms with Gasteiger partial charge in [-0.25, -0.2) is 0 Å². The zero-order chi connectivity index (χ0) is 17.8. The van der Waals surface area contributed by atoms with Crippen LogP contribution in [-0.4, -0.2) is 41.8 Å². The molecule has 25 heavy (non-hydrogen) atoms. The first-order chi connectivity index (χ1) is 11.9. The van der Waals surface area contributed by atoms with Crippen molar-refractivity contribution in [3.05, 3.63) is 24.0 Å². The van der Waals surface area contributed by atoms with Crippen LogP contribution in [0.25, 0.3) is 0 Å². The molecule has 1 spiro atoms. The van der Waals surface area contributed by atoms with Crippen LogP contribution in [0.1, 0.15) is 26.0 Å². The van der Waals surface area contributed by atoms with E-state index < -0.39 is 17.4 Å². The van der Waals surface area contributed by atoms with E-state index in [2.05, 4.69) is 24.3 Å². The van der Waals surface area contributed by atoms with E-state index in [4.69, 9.17) is 9.26 Å². The van der Waals surface area contributed by atoms with Gasteiger partial charge in [-0.05, 0) is 19.3 Å². The number of fused-ring (bicyclic) bond motifs is 1. The van der Waals surface area contributed by atoms with Crippen LogP contribution in [0.15, 0.2) is 22.7 Å². The summed E-state index contributed by atoms with van der Waals surface area (Å²) in [5.41, 5.74) is -0.728. The van der Waals surface area contributed by atoms with Crippen molar-refractivity contribution in [2.24, 2.45) is 17.8 Å². The summed E-state index contributed by atoms with van der Waals surface area (Å²) < 4.78 is 11.2. The zero-order valence-corrected chi connectivity index (χ0v) is 14.7. The highest BCUT2D eigenvalue weighted by Gasteiger charge is 2.67. The minimum absolute atomic E-state index is 0.103. The number of carbonyl (C=O) groups is 2. The maximum Gasteiger partial charge on any atom is 0.235 e. The van der Waals surface area contributed by atoms with Crippen LogP contribution < -0.4 is 10.2 Å². The number of aromatic nitrogens is 1. The normalized spacial score (nSPS) is 32.7. The average molecular weight is 345 g/mol. The van der Waals surface area contributed by atoms with Gasteiger partial charge in [0.15, 0.2) is 5.82 Å². The SMILES string of the molecule is Cc1cc(N2C[C@@]34C=C[C@@H](O3)[C@H](C(=O)NCCC(C)C)[C@H]4C2=O)no1. The minimum atomic E-state index is -0.728. The summed E-state index contributed by atoms with van der Waals surface area (Å²) >= 11 is 0. The summed E-state index contributed by atoms with van der Waals surface area (Å²) in [4.78, 5) is 27.3. The summed E-state index contributed by atoms with van der Waals surface area (Å²) in [7, 11) is 0. The van der Waals surface area contributed by atoms with Gasteiger partial charge in [0.05, 0.1) is 24.5 Å². The lowest BCUT2D eigenvalue weighted by molar-refractivity contribution is -0.131. The highest BCUT2D eigenvalue weighted by atomic mass is 16.5. The Kier molecular flexibility index (Phi) is 3.72. The molecule has 7 nitrogen and oxygen atoms in total. The number of amides is 2.